The topological polar surface area (TPSA) is 90.5 Å². The van der Waals surface area contributed by atoms with Gasteiger partial charge in [-0.1, -0.05) is 33.1 Å². The fourth-order valence-corrected chi connectivity index (χ4v) is 3.57. The molecule has 0 radical (unpaired) electrons. The van der Waals surface area contributed by atoms with Crippen molar-refractivity contribution < 1.29 is 14.4 Å². The number of likely N-dealkylation sites (tertiary alicyclic amines) is 1. The summed E-state index contributed by atoms with van der Waals surface area (Å²) >= 11 is 0. The highest BCUT2D eigenvalue weighted by atomic mass is 16.2. The third-order valence-electron chi connectivity index (χ3n) is 5.60. The summed E-state index contributed by atoms with van der Waals surface area (Å²) in [6, 6.07) is 0.333. The van der Waals surface area contributed by atoms with E-state index in [9.17, 15) is 14.4 Å². The monoisotopic (exact) mass is 366 g/mol. The van der Waals surface area contributed by atoms with Crippen LogP contribution >= 0.6 is 0 Å². The van der Waals surface area contributed by atoms with Crippen LogP contribution in [0.2, 0.25) is 0 Å². The molecule has 0 spiro atoms. The number of hydrogen-bond acceptors (Lipinski definition) is 3. The van der Waals surface area contributed by atoms with E-state index in [1.54, 1.807) is 4.90 Å². The fraction of sp³-hybridized carbons (Fsp3) is 0.842. The van der Waals surface area contributed by atoms with Crippen molar-refractivity contribution in [3.8, 4) is 0 Å². The molecule has 0 aromatic rings. The van der Waals surface area contributed by atoms with E-state index >= 15 is 0 Å². The minimum atomic E-state index is -0.0810. The van der Waals surface area contributed by atoms with Crippen molar-refractivity contribution in [1.29, 1.82) is 0 Å². The van der Waals surface area contributed by atoms with E-state index in [-0.39, 0.29) is 36.3 Å². The quantitative estimate of drug-likeness (QED) is 0.669. The van der Waals surface area contributed by atoms with E-state index in [1.807, 2.05) is 13.8 Å². The van der Waals surface area contributed by atoms with E-state index in [4.69, 9.17) is 0 Å². The molecule has 26 heavy (non-hydrogen) atoms. The molecule has 4 amide bonds. The van der Waals surface area contributed by atoms with Crippen LogP contribution in [0.1, 0.15) is 65.2 Å². The minimum Gasteiger partial charge on any atom is -0.347 e. The van der Waals surface area contributed by atoms with Crippen molar-refractivity contribution in [2.75, 3.05) is 19.6 Å². The van der Waals surface area contributed by atoms with Crippen LogP contribution in [0.25, 0.3) is 0 Å². The van der Waals surface area contributed by atoms with Gasteiger partial charge < -0.3 is 20.9 Å². The Labute approximate surface area is 156 Å². The molecule has 1 saturated carbocycles. The second kappa shape index (κ2) is 10.4. The lowest BCUT2D eigenvalue weighted by molar-refractivity contribution is -0.134. The molecule has 1 saturated heterocycles. The second-order valence-electron chi connectivity index (χ2n) is 7.63. The smallest absolute Gasteiger partial charge is 0.315 e. The van der Waals surface area contributed by atoms with Crippen molar-refractivity contribution in [2.45, 2.75) is 77.3 Å². The van der Waals surface area contributed by atoms with E-state index in [0.29, 0.717) is 19.1 Å². The zero-order valence-corrected chi connectivity index (χ0v) is 16.2. The van der Waals surface area contributed by atoms with Gasteiger partial charge in [0.05, 0.1) is 6.54 Å². The van der Waals surface area contributed by atoms with Gasteiger partial charge in [0.25, 0.3) is 0 Å². The number of hydrogen-bond donors (Lipinski definition) is 3. The lowest BCUT2D eigenvalue weighted by atomic mass is 9.96. The van der Waals surface area contributed by atoms with Gasteiger partial charge in [0, 0.05) is 31.1 Å². The summed E-state index contributed by atoms with van der Waals surface area (Å²) in [7, 11) is 0. The van der Waals surface area contributed by atoms with E-state index < -0.39 is 0 Å². The first-order chi connectivity index (χ1) is 12.5. The normalized spacial score (nSPS) is 20.3. The molecule has 0 aromatic carbocycles. The molecule has 0 bridgehead atoms. The van der Waals surface area contributed by atoms with Gasteiger partial charge >= 0.3 is 6.03 Å². The maximum atomic E-state index is 12.2. The van der Waals surface area contributed by atoms with Gasteiger partial charge in [-0.25, -0.2) is 4.79 Å². The summed E-state index contributed by atoms with van der Waals surface area (Å²) in [5, 5.41) is 8.82. The van der Waals surface area contributed by atoms with E-state index in [2.05, 4.69) is 16.0 Å². The van der Waals surface area contributed by atoms with Crippen molar-refractivity contribution in [1.82, 2.24) is 20.9 Å². The molecule has 1 unspecified atom stereocenters. The first-order valence-corrected chi connectivity index (χ1v) is 10.1. The summed E-state index contributed by atoms with van der Waals surface area (Å²) in [5.74, 6) is -0.191. The molecule has 2 fully saturated rings. The second-order valence-corrected chi connectivity index (χ2v) is 7.63. The number of nitrogens with zero attached hydrogens (tertiary/aromatic N) is 1. The molecule has 7 heteroatoms. The predicted molar refractivity (Wildman–Crippen MR) is 101 cm³/mol. The summed E-state index contributed by atoms with van der Waals surface area (Å²) < 4.78 is 0. The van der Waals surface area contributed by atoms with Crippen LogP contribution < -0.4 is 16.0 Å². The summed E-state index contributed by atoms with van der Waals surface area (Å²) in [5.41, 5.74) is 0. The molecule has 3 N–H and O–H groups in total. The van der Waals surface area contributed by atoms with Crippen molar-refractivity contribution in [3.63, 3.8) is 0 Å². The molecule has 148 valence electrons. The molecule has 2 rings (SSSR count). The van der Waals surface area contributed by atoms with Crippen LogP contribution in [-0.4, -0.2) is 54.5 Å². The molecular weight excluding hydrogens is 332 g/mol. The van der Waals surface area contributed by atoms with Gasteiger partial charge in [0.1, 0.15) is 0 Å². The number of piperidine rings is 1. The van der Waals surface area contributed by atoms with Gasteiger partial charge in [0.15, 0.2) is 0 Å². The molecule has 0 aromatic heterocycles. The average Bonchev–Trinajstić information content (AvgIpc) is 2.66. The van der Waals surface area contributed by atoms with Gasteiger partial charge in [-0.15, -0.1) is 0 Å². The van der Waals surface area contributed by atoms with Crippen molar-refractivity contribution in [3.05, 3.63) is 0 Å². The lowest BCUT2D eigenvalue weighted by Gasteiger charge is -2.33. The van der Waals surface area contributed by atoms with E-state index in [0.717, 1.165) is 32.1 Å². The van der Waals surface area contributed by atoms with Crippen LogP contribution in [0.4, 0.5) is 4.79 Å². The Morgan fingerprint density at radius 1 is 0.962 bits per heavy atom. The molecule has 2 aliphatic rings. The van der Waals surface area contributed by atoms with Crippen molar-refractivity contribution in [2.24, 2.45) is 5.92 Å². The van der Waals surface area contributed by atoms with Crippen LogP contribution in [0.3, 0.4) is 0 Å². The SMILES string of the molecule is CCC(C)C(=O)NCC(=O)N1CCC(NC(=O)NC2CCCCC2)CC1. The Hall–Kier alpha value is -1.79. The molecule has 1 atom stereocenters. The van der Waals surface area contributed by atoms with Gasteiger partial charge in [-0.05, 0) is 32.1 Å². The van der Waals surface area contributed by atoms with E-state index in [1.165, 1.54) is 19.3 Å². The summed E-state index contributed by atoms with van der Waals surface area (Å²) in [6.07, 6.45) is 8.07. The Morgan fingerprint density at radius 2 is 1.54 bits per heavy atom. The summed E-state index contributed by atoms with van der Waals surface area (Å²) in [6.45, 7) is 5.10. The first kappa shape index (κ1) is 20.5. The standard InChI is InChI=1S/C19H34N4O3/c1-3-14(2)18(25)20-13-17(24)23-11-9-16(10-12-23)22-19(26)21-15-7-5-4-6-8-15/h14-16H,3-13H2,1-2H3,(H,20,25)(H2,21,22,26). The minimum absolute atomic E-state index is 0.0493. The average molecular weight is 367 g/mol. The fourth-order valence-electron chi connectivity index (χ4n) is 3.57. The maximum absolute atomic E-state index is 12.2. The molecule has 1 aliphatic heterocycles. The number of urea groups is 1. The van der Waals surface area contributed by atoms with Gasteiger partial charge in [-0.3, -0.25) is 9.59 Å². The van der Waals surface area contributed by atoms with Gasteiger partial charge in [0.2, 0.25) is 11.8 Å². The summed E-state index contributed by atoms with van der Waals surface area (Å²) in [4.78, 5) is 37.9. The molecule has 1 heterocycles. The highest BCUT2D eigenvalue weighted by Crippen LogP contribution is 2.17. The predicted octanol–water partition coefficient (Wildman–Crippen LogP) is 1.77. The highest BCUT2D eigenvalue weighted by molar-refractivity contribution is 5.85. The largest absolute Gasteiger partial charge is 0.347 e. The third kappa shape index (κ3) is 6.50. The van der Waals surface area contributed by atoms with Crippen LogP contribution in [0.15, 0.2) is 0 Å². The lowest BCUT2D eigenvalue weighted by Crippen LogP contribution is -2.52. The Bertz CT molecular complexity index is 483. The molecule has 7 nitrogen and oxygen atoms in total. The maximum Gasteiger partial charge on any atom is 0.315 e. The van der Waals surface area contributed by atoms with Crippen molar-refractivity contribution >= 4 is 17.8 Å². The molecule has 1 aliphatic carbocycles. The Morgan fingerprint density at radius 3 is 2.12 bits per heavy atom. The van der Waals surface area contributed by atoms with Crippen LogP contribution in [0.5, 0.6) is 0 Å². The Balaban J connectivity index is 1.64. The number of nitrogens with one attached hydrogen (secondary N) is 3. The number of amides is 4. The number of carbonyl (C=O) groups excluding carboxylic acids is 3. The first-order valence-electron chi connectivity index (χ1n) is 10.1. The number of rotatable bonds is 6. The number of carbonyl (C=O) groups is 3. The molecular formula is C19H34N4O3. The third-order valence-corrected chi connectivity index (χ3v) is 5.60. The highest BCUT2D eigenvalue weighted by Gasteiger charge is 2.25. The zero-order valence-electron chi connectivity index (χ0n) is 16.2. The van der Waals surface area contributed by atoms with Gasteiger partial charge in [-0.2, -0.15) is 0 Å². The Kier molecular flexibility index (Phi) is 8.19. The van der Waals surface area contributed by atoms with Crippen LogP contribution in [-0.2, 0) is 9.59 Å². The zero-order chi connectivity index (χ0) is 18.9. The van der Waals surface area contributed by atoms with Crippen LogP contribution in [0, 0.1) is 5.92 Å².